The van der Waals surface area contributed by atoms with E-state index in [1.165, 1.54) is 0 Å². The van der Waals surface area contributed by atoms with Gasteiger partial charge in [-0.2, -0.15) is 5.10 Å². The first-order chi connectivity index (χ1) is 18.9. The molecule has 7 rings (SSSR count). The van der Waals surface area contributed by atoms with Crippen LogP contribution in [-0.2, 0) is 18.4 Å². The van der Waals surface area contributed by atoms with Crippen LogP contribution in [0.3, 0.4) is 0 Å². The third-order valence-electron chi connectivity index (χ3n) is 8.54. The molecule has 2 saturated carbocycles. The number of hydrogen-bond donors (Lipinski definition) is 1. The summed E-state index contributed by atoms with van der Waals surface area (Å²) in [6.07, 6.45) is 4.39. The van der Waals surface area contributed by atoms with E-state index in [9.17, 15) is 9.90 Å². The maximum atomic E-state index is 11.5. The Hall–Kier alpha value is -3.07. The fourth-order valence-corrected chi connectivity index (χ4v) is 7.02. The van der Waals surface area contributed by atoms with Crippen LogP contribution in [-0.4, -0.2) is 45.2 Å². The molecule has 4 aromatic rings. The number of rotatable bonds is 7. The molecule has 3 atom stereocenters. The Bertz CT molecular complexity index is 1560. The summed E-state index contributed by atoms with van der Waals surface area (Å²) in [5.41, 5.74) is 4.39. The minimum Gasteiger partial charge on any atom is -0.476 e. The summed E-state index contributed by atoms with van der Waals surface area (Å²) >= 11 is 13.0. The number of aromatic carboxylic acids is 1. The van der Waals surface area contributed by atoms with Crippen molar-refractivity contribution in [3.63, 3.8) is 0 Å². The molecule has 2 aromatic heterocycles. The van der Waals surface area contributed by atoms with E-state index in [2.05, 4.69) is 21.2 Å². The molecule has 0 unspecified atom stereocenters. The topological polar surface area (TPSA) is 93.6 Å². The van der Waals surface area contributed by atoms with E-state index in [1.807, 2.05) is 30.3 Å². The van der Waals surface area contributed by atoms with Crippen molar-refractivity contribution in [1.82, 2.24) is 14.9 Å². The highest BCUT2D eigenvalue weighted by Crippen LogP contribution is 2.47. The summed E-state index contributed by atoms with van der Waals surface area (Å²) < 4.78 is 14.0. The van der Waals surface area contributed by atoms with Gasteiger partial charge in [0.15, 0.2) is 5.69 Å². The van der Waals surface area contributed by atoms with Crippen LogP contribution in [0.5, 0.6) is 0 Å². The summed E-state index contributed by atoms with van der Waals surface area (Å²) in [7, 11) is 1.79. The van der Waals surface area contributed by atoms with Gasteiger partial charge in [-0.05, 0) is 67.9 Å². The lowest BCUT2D eigenvalue weighted by molar-refractivity contribution is 0.0403. The lowest BCUT2D eigenvalue weighted by atomic mass is 10.0. The van der Waals surface area contributed by atoms with E-state index in [0.717, 1.165) is 61.3 Å². The van der Waals surface area contributed by atoms with Gasteiger partial charge in [0.05, 0.1) is 28.3 Å². The molecule has 39 heavy (non-hydrogen) atoms. The normalized spacial score (nSPS) is 22.6. The Morgan fingerprint density at radius 1 is 1.13 bits per heavy atom. The molecule has 0 bridgehead atoms. The zero-order chi connectivity index (χ0) is 26.8. The maximum absolute atomic E-state index is 11.5. The zero-order valence-corrected chi connectivity index (χ0v) is 23.0. The predicted molar refractivity (Wildman–Crippen MR) is 149 cm³/mol. The van der Waals surface area contributed by atoms with E-state index in [-0.39, 0.29) is 11.8 Å². The van der Waals surface area contributed by atoms with Crippen molar-refractivity contribution >= 4 is 45.8 Å². The first-order valence-corrected chi connectivity index (χ1v) is 14.1. The second-order valence-corrected chi connectivity index (χ2v) is 11.9. The van der Waals surface area contributed by atoms with Crippen LogP contribution in [0.25, 0.3) is 22.2 Å². The molecule has 1 aliphatic heterocycles. The number of carboxylic acids is 1. The van der Waals surface area contributed by atoms with E-state index in [0.29, 0.717) is 51.0 Å². The van der Waals surface area contributed by atoms with Crippen LogP contribution in [0.4, 0.5) is 5.69 Å². The van der Waals surface area contributed by atoms with Crippen molar-refractivity contribution in [2.45, 2.75) is 44.3 Å². The number of aromatic nitrogens is 3. The molecular weight excluding hydrogens is 539 g/mol. The molecular formula is C29H28Cl2N4O4. The van der Waals surface area contributed by atoms with E-state index < -0.39 is 5.97 Å². The number of anilines is 1. The van der Waals surface area contributed by atoms with Crippen LogP contribution in [0.1, 0.15) is 53.4 Å². The van der Waals surface area contributed by atoms with Crippen molar-refractivity contribution in [2.24, 2.45) is 18.9 Å². The molecule has 3 aliphatic rings. The van der Waals surface area contributed by atoms with Gasteiger partial charge in [0.25, 0.3) is 0 Å². The average molecular weight is 567 g/mol. The summed E-state index contributed by atoms with van der Waals surface area (Å²) in [4.78, 5) is 13.9. The summed E-state index contributed by atoms with van der Waals surface area (Å²) in [6, 6.07) is 11.4. The van der Waals surface area contributed by atoms with Crippen LogP contribution < -0.4 is 4.90 Å². The average Bonchev–Trinajstić information content (AvgIpc) is 3.21. The highest BCUT2D eigenvalue weighted by atomic mass is 35.5. The Kier molecular flexibility index (Phi) is 6.10. The highest BCUT2D eigenvalue weighted by molar-refractivity contribution is 6.39. The number of carboxylic acid groups (broad SMARTS) is 1. The van der Waals surface area contributed by atoms with Gasteiger partial charge in [-0.3, -0.25) is 4.68 Å². The van der Waals surface area contributed by atoms with E-state index >= 15 is 0 Å². The molecule has 2 aliphatic carbocycles. The minimum atomic E-state index is -1.01. The molecule has 0 radical (unpaired) electrons. The molecule has 202 valence electrons. The predicted octanol–water partition coefficient (Wildman–Crippen LogP) is 6.54. The SMILES string of the molecule is Cn1nc(C(=O)O)c2ccc(N3C[C@H]4C[C@H](OCc5c(-c6c(Cl)cccc6Cl)noc5C5CC5)C[C@H]4C3)cc21. The number of benzene rings is 2. The Morgan fingerprint density at radius 2 is 1.85 bits per heavy atom. The third-order valence-corrected chi connectivity index (χ3v) is 9.17. The van der Waals surface area contributed by atoms with Crippen molar-refractivity contribution < 1.29 is 19.2 Å². The quantitative estimate of drug-likeness (QED) is 0.271. The number of halogens is 2. The number of fused-ring (bicyclic) bond motifs is 2. The first kappa shape index (κ1) is 24.9. The first-order valence-electron chi connectivity index (χ1n) is 13.4. The van der Waals surface area contributed by atoms with Crippen molar-refractivity contribution in [1.29, 1.82) is 0 Å². The summed E-state index contributed by atoms with van der Waals surface area (Å²) in [5.74, 6) is 1.39. The smallest absolute Gasteiger partial charge is 0.357 e. The van der Waals surface area contributed by atoms with Gasteiger partial charge in [-0.15, -0.1) is 0 Å². The zero-order valence-electron chi connectivity index (χ0n) is 21.4. The van der Waals surface area contributed by atoms with Crippen LogP contribution in [0, 0.1) is 11.8 Å². The van der Waals surface area contributed by atoms with Gasteiger partial charge < -0.3 is 19.3 Å². The Balaban J connectivity index is 1.04. The highest BCUT2D eigenvalue weighted by Gasteiger charge is 2.42. The molecule has 0 spiro atoms. The number of ether oxygens (including phenoxy) is 1. The number of carbonyl (C=O) groups is 1. The molecule has 2 aromatic carbocycles. The fourth-order valence-electron chi connectivity index (χ4n) is 6.44. The van der Waals surface area contributed by atoms with Gasteiger partial charge in [-0.1, -0.05) is 34.4 Å². The number of aryl methyl sites for hydroxylation is 1. The lowest BCUT2D eigenvalue weighted by Crippen LogP contribution is -2.23. The van der Waals surface area contributed by atoms with Gasteiger partial charge in [-0.25, -0.2) is 4.79 Å². The molecule has 1 N–H and O–H groups in total. The van der Waals surface area contributed by atoms with E-state index in [4.69, 9.17) is 32.5 Å². The fraction of sp³-hybridized carbons (Fsp3) is 0.414. The molecule has 0 amide bonds. The molecule has 3 fully saturated rings. The van der Waals surface area contributed by atoms with Gasteiger partial charge in [0.2, 0.25) is 0 Å². The molecule has 3 heterocycles. The minimum absolute atomic E-state index is 0.0926. The van der Waals surface area contributed by atoms with Crippen LogP contribution in [0.15, 0.2) is 40.9 Å². The van der Waals surface area contributed by atoms with E-state index in [1.54, 1.807) is 11.7 Å². The summed E-state index contributed by atoms with van der Waals surface area (Å²) in [6.45, 7) is 2.35. The summed E-state index contributed by atoms with van der Waals surface area (Å²) in [5, 5.41) is 19.8. The van der Waals surface area contributed by atoms with Gasteiger partial charge in [0, 0.05) is 48.3 Å². The van der Waals surface area contributed by atoms with Crippen molar-refractivity contribution in [3.05, 3.63) is 63.5 Å². The molecule has 1 saturated heterocycles. The van der Waals surface area contributed by atoms with Crippen LogP contribution in [0.2, 0.25) is 10.0 Å². The Labute approximate surface area is 235 Å². The molecule has 10 heteroatoms. The van der Waals surface area contributed by atoms with Crippen molar-refractivity contribution in [3.8, 4) is 11.3 Å². The number of nitrogens with zero attached hydrogens (tertiary/aromatic N) is 4. The number of hydrogen-bond acceptors (Lipinski definition) is 6. The second-order valence-electron chi connectivity index (χ2n) is 11.1. The Morgan fingerprint density at radius 3 is 2.51 bits per heavy atom. The second kappa shape index (κ2) is 9.54. The van der Waals surface area contributed by atoms with Crippen LogP contribution >= 0.6 is 23.2 Å². The van der Waals surface area contributed by atoms with Gasteiger partial charge >= 0.3 is 5.97 Å². The maximum Gasteiger partial charge on any atom is 0.357 e. The monoisotopic (exact) mass is 566 g/mol. The third kappa shape index (κ3) is 4.39. The lowest BCUT2D eigenvalue weighted by Gasteiger charge is -2.22. The van der Waals surface area contributed by atoms with Crippen molar-refractivity contribution in [2.75, 3.05) is 18.0 Å². The standard InChI is InChI=1S/C29H28Cl2N4O4/c1-34-24-11-18(7-8-20(24)27(32-34)29(36)37)35-12-16-9-19(10-17(16)13-35)38-14-21-26(33-39-28(21)15-5-6-15)25-22(30)3-2-4-23(25)31/h2-4,7-8,11,15-17,19H,5-6,9-10,12-14H2,1H3,(H,36,37)/t16-,17+,19+. The largest absolute Gasteiger partial charge is 0.476 e. The van der Waals surface area contributed by atoms with Gasteiger partial charge in [0.1, 0.15) is 11.5 Å². The molecule has 8 nitrogen and oxygen atoms in total.